The fourth-order valence-electron chi connectivity index (χ4n) is 1.09. The minimum absolute atomic E-state index is 0.129. The van der Waals surface area contributed by atoms with Crippen LogP contribution in [0.2, 0.25) is 5.02 Å². The number of hydrogen-bond acceptors (Lipinski definition) is 1. The number of halogens is 1. The Morgan fingerprint density at radius 1 is 1.31 bits per heavy atom. The zero-order valence-corrected chi connectivity index (χ0v) is 10.1. The van der Waals surface area contributed by atoms with E-state index >= 15 is 0 Å². The first-order chi connectivity index (χ1) is 7.58. The second-order valence-electron chi connectivity index (χ2n) is 3.66. The summed E-state index contributed by atoms with van der Waals surface area (Å²) in [4.78, 5) is 11.2. The van der Waals surface area contributed by atoms with E-state index in [9.17, 15) is 4.79 Å². The molecule has 0 fully saturated rings. The number of urea groups is 1. The van der Waals surface area contributed by atoms with Crippen LogP contribution in [0.5, 0.6) is 0 Å². The maximum Gasteiger partial charge on any atom is 0.318 e. The molecule has 1 rings (SSSR count). The van der Waals surface area contributed by atoms with Crippen molar-refractivity contribution in [2.45, 2.75) is 19.9 Å². The van der Waals surface area contributed by atoms with Crippen molar-refractivity contribution in [2.24, 2.45) is 0 Å². The molecule has 0 heterocycles. The van der Waals surface area contributed by atoms with E-state index in [2.05, 4.69) is 10.6 Å². The van der Waals surface area contributed by atoms with Gasteiger partial charge in [-0.05, 0) is 37.6 Å². The lowest BCUT2D eigenvalue weighted by Crippen LogP contribution is -2.36. The van der Waals surface area contributed by atoms with Crippen LogP contribution in [-0.4, -0.2) is 12.1 Å². The average Bonchev–Trinajstić information content (AvgIpc) is 2.20. The van der Waals surface area contributed by atoms with E-state index in [-0.39, 0.29) is 12.1 Å². The molecule has 1 aromatic rings. The first kappa shape index (κ1) is 12.6. The Hall–Kier alpha value is -1.48. The van der Waals surface area contributed by atoms with E-state index in [0.29, 0.717) is 5.02 Å². The predicted molar refractivity (Wildman–Crippen MR) is 67.3 cm³/mol. The Bertz CT molecular complexity index is 371. The molecule has 0 radical (unpaired) electrons. The van der Waals surface area contributed by atoms with E-state index in [1.165, 1.54) is 0 Å². The van der Waals surface area contributed by atoms with Gasteiger partial charge in [0.15, 0.2) is 0 Å². The van der Waals surface area contributed by atoms with Crippen LogP contribution < -0.4 is 10.6 Å². The smallest absolute Gasteiger partial charge is 0.318 e. The van der Waals surface area contributed by atoms with Crippen molar-refractivity contribution < 1.29 is 4.79 Å². The van der Waals surface area contributed by atoms with E-state index in [1.54, 1.807) is 24.4 Å². The maximum atomic E-state index is 11.2. The van der Waals surface area contributed by atoms with Gasteiger partial charge < -0.3 is 10.6 Å². The van der Waals surface area contributed by atoms with Crippen LogP contribution in [-0.2, 0) is 0 Å². The van der Waals surface area contributed by atoms with Gasteiger partial charge in [-0.1, -0.05) is 23.7 Å². The number of carbonyl (C=O) groups excluding carboxylic acids is 1. The summed E-state index contributed by atoms with van der Waals surface area (Å²) in [5.41, 5.74) is 0.981. The van der Waals surface area contributed by atoms with Crippen molar-refractivity contribution in [3.63, 3.8) is 0 Å². The van der Waals surface area contributed by atoms with Gasteiger partial charge >= 0.3 is 6.03 Å². The molecule has 0 aliphatic rings. The third-order valence-electron chi connectivity index (χ3n) is 1.78. The number of hydrogen-bond donors (Lipinski definition) is 2. The second-order valence-corrected chi connectivity index (χ2v) is 4.09. The summed E-state index contributed by atoms with van der Waals surface area (Å²) >= 11 is 5.75. The summed E-state index contributed by atoms with van der Waals surface area (Å²) in [5.74, 6) is 0. The summed E-state index contributed by atoms with van der Waals surface area (Å²) in [6, 6.07) is 7.27. The molecular formula is C12H15ClN2O. The maximum absolute atomic E-state index is 11.2. The van der Waals surface area contributed by atoms with Crippen LogP contribution in [0.3, 0.4) is 0 Å². The van der Waals surface area contributed by atoms with Crippen molar-refractivity contribution in [1.82, 2.24) is 10.6 Å². The Morgan fingerprint density at radius 3 is 2.50 bits per heavy atom. The summed E-state index contributed by atoms with van der Waals surface area (Å²) < 4.78 is 0. The molecule has 0 aliphatic heterocycles. The summed E-state index contributed by atoms with van der Waals surface area (Å²) in [6.07, 6.45) is 3.40. The number of rotatable bonds is 3. The van der Waals surface area contributed by atoms with E-state index < -0.39 is 0 Å². The van der Waals surface area contributed by atoms with Gasteiger partial charge in [-0.15, -0.1) is 0 Å². The average molecular weight is 239 g/mol. The fourth-order valence-corrected chi connectivity index (χ4v) is 1.22. The van der Waals surface area contributed by atoms with Crippen LogP contribution in [0.15, 0.2) is 30.5 Å². The Balaban J connectivity index is 2.43. The van der Waals surface area contributed by atoms with Crippen LogP contribution >= 0.6 is 11.6 Å². The van der Waals surface area contributed by atoms with Crippen molar-refractivity contribution in [2.75, 3.05) is 0 Å². The zero-order chi connectivity index (χ0) is 12.0. The molecule has 0 unspecified atom stereocenters. The van der Waals surface area contributed by atoms with E-state index in [4.69, 9.17) is 11.6 Å². The number of amides is 2. The van der Waals surface area contributed by atoms with Gasteiger partial charge in [0.1, 0.15) is 0 Å². The predicted octanol–water partition coefficient (Wildman–Crippen LogP) is 3.02. The lowest BCUT2D eigenvalue weighted by Gasteiger charge is -2.06. The lowest BCUT2D eigenvalue weighted by molar-refractivity contribution is 0.242. The molecule has 0 bridgehead atoms. The highest BCUT2D eigenvalue weighted by Gasteiger charge is 1.97. The molecule has 4 heteroatoms. The second kappa shape index (κ2) is 6.18. The van der Waals surface area contributed by atoms with Crippen LogP contribution in [0.25, 0.3) is 6.08 Å². The van der Waals surface area contributed by atoms with Crippen LogP contribution in [0.4, 0.5) is 4.79 Å². The third-order valence-corrected chi connectivity index (χ3v) is 2.03. The van der Waals surface area contributed by atoms with E-state index in [1.807, 2.05) is 26.0 Å². The normalized spacial score (nSPS) is 10.8. The van der Waals surface area contributed by atoms with Gasteiger partial charge in [-0.3, -0.25) is 0 Å². The molecule has 2 amide bonds. The van der Waals surface area contributed by atoms with Gasteiger partial charge in [0.25, 0.3) is 0 Å². The largest absolute Gasteiger partial charge is 0.336 e. The first-order valence-electron chi connectivity index (χ1n) is 5.07. The third kappa shape index (κ3) is 4.84. The molecule has 86 valence electrons. The number of nitrogens with one attached hydrogen (secondary N) is 2. The molecule has 0 saturated heterocycles. The Kier molecular flexibility index (Phi) is 4.86. The van der Waals surface area contributed by atoms with Crippen molar-refractivity contribution in [3.05, 3.63) is 41.1 Å². The lowest BCUT2D eigenvalue weighted by atomic mass is 10.2. The molecule has 0 atom stereocenters. The standard InChI is InChI=1S/C12H15ClN2O/c1-9(2)15-12(16)14-8-7-10-3-5-11(13)6-4-10/h3-9H,1-2H3,(H2,14,15,16)/b8-7+. The number of carbonyl (C=O) groups is 1. The quantitative estimate of drug-likeness (QED) is 0.835. The first-order valence-corrected chi connectivity index (χ1v) is 5.45. The van der Waals surface area contributed by atoms with Crippen molar-refractivity contribution in [3.8, 4) is 0 Å². The highest BCUT2D eigenvalue weighted by Crippen LogP contribution is 2.10. The highest BCUT2D eigenvalue weighted by molar-refractivity contribution is 6.30. The summed E-state index contributed by atoms with van der Waals surface area (Å²) in [7, 11) is 0. The van der Waals surface area contributed by atoms with Gasteiger partial charge in [0.2, 0.25) is 0 Å². The minimum Gasteiger partial charge on any atom is -0.336 e. The molecule has 3 nitrogen and oxygen atoms in total. The van der Waals surface area contributed by atoms with Crippen LogP contribution in [0.1, 0.15) is 19.4 Å². The summed E-state index contributed by atoms with van der Waals surface area (Å²) in [6.45, 7) is 3.81. The van der Waals surface area contributed by atoms with E-state index in [0.717, 1.165) is 5.56 Å². The summed E-state index contributed by atoms with van der Waals surface area (Å²) in [5, 5.41) is 6.03. The monoisotopic (exact) mass is 238 g/mol. The SMILES string of the molecule is CC(C)NC(=O)N/C=C/c1ccc(Cl)cc1. The molecule has 16 heavy (non-hydrogen) atoms. The molecule has 0 saturated carbocycles. The molecular weight excluding hydrogens is 224 g/mol. The fraction of sp³-hybridized carbons (Fsp3) is 0.250. The molecule has 2 N–H and O–H groups in total. The number of benzene rings is 1. The zero-order valence-electron chi connectivity index (χ0n) is 9.33. The molecule has 0 aliphatic carbocycles. The Labute approximate surface area is 100 Å². The minimum atomic E-state index is -0.208. The topological polar surface area (TPSA) is 41.1 Å². The van der Waals surface area contributed by atoms with Gasteiger partial charge in [-0.2, -0.15) is 0 Å². The van der Waals surface area contributed by atoms with Crippen molar-refractivity contribution >= 4 is 23.7 Å². The van der Waals surface area contributed by atoms with Gasteiger partial charge in [-0.25, -0.2) is 4.79 Å². The van der Waals surface area contributed by atoms with Crippen LogP contribution in [0, 0.1) is 0 Å². The molecule has 0 spiro atoms. The van der Waals surface area contributed by atoms with Gasteiger partial charge in [0.05, 0.1) is 0 Å². The van der Waals surface area contributed by atoms with Gasteiger partial charge in [0, 0.05) is 17.3 Å². The highest BCUT2D eigenvalue weighted by atomic mass is 35.5. The Morgan fingerprint density at radius 2 is 1.94 bits per heavy atom. The molecule has 1 aromatic carbocycles. The van der Waals surface area contributed by atoms with Crippen molar-refractivity contribution in [1.29, 1.82) is 0 Å². The molecule has 0 aromatic heterocycles.